The molecule has 0 bridgehead atoms. The predicted molar refractivity (Wildman–Crippen MR) is 80.6 cm³/mol. The van der Waals surface area contributed by atoms with Crippen LogP contribution >= 0.6 is 0 Å². The molecule has 0 unspecified atom stereocenters. The number of amides is 1. The van der Waals surface area contributed by atoms with Gasteiger partial charge in [0.2, 0.25) is 5.91 Å². The number of benzene rings is 1. The number of nitrogens with zero attached hydrogens (tertiary/aromatic N) is 2. The molecular formula is C15H19FN4O. The van der Waals surface area contributed by atoms with Crippen molar-refractivity contribution >= 4 is 17.3 Å². The monoisotopic (exact) mass is 290 g/mol. The third kappa shape index (κ3) is 4.05. The standard InChI is InChI=1S/C15H19FN4O/c1-10(2)20-9-12(8-18-20)7-17-13-4-5-14(16)15(6-13)19-11(3)21/h4-6,8-10,17H,7H2,1-3H3,(H,19,21). The number of carbonyl (C=O) groups is 1. The SMILES string of the molecule is CC(=O)Nc1cc(NCc2cnn(C(C)C)c2)ccc1F. The Balaban J connectivity index is 2.03. The molecule has 2 rings (SSSR count). The average Bonchev–Trinajstić information content (AvgIpc) is 2.88. The van der Waals surface area contributed by atoms with E-state index in [1.165, 1.54) is 13.0 Å². The highest BCUT2D eigenvalue weighted by Gasteiger charge is 2.06. The molecule has 0 spiro atoms. The van der Waals surface area contributed by atoms with Crippen molar-refractivity contribution in [3.8, 4) is 0 Å². The molecule has 0 radical (unpaired) electrons. The van der Waals surface area contributed by atoms with Crippen molar-refractivity contribution in [1.29, 1.82) is 0 Å². The molecule has 1 aromatic heterocycles. The molecule has 1 heterocycles. The number of hydrogen-bond acceptors (Lipinski definition) is 3. The lowest BCUT2D eigenvalue weighted by atomic mass is 10.2. The minimum absolute atomic E-state index is 0.172. The summed E-state index contributed by atoms with van der Waals surface area (Å²) in [6.45, 7) is 6.05. The fourth-order valence-electron chi connectivity index (χ4n) is 1.88. The molecule has 0 saturated heterocycles. The van der Waals surface area contributed by atoms with E-state index >= 15 is 0 Å². The Kier molecular flexibility index (Phi) is 4.57. The van der Waals surface area contributed by atoms with Crippen LogP contribution in [0.15, 0.2) is 30.6 Å². The molecule has 5 nitrogen and oxygen atoms in total. The van der Waals surface area contributed by atoms with E-state index in [9.17, 15) is 9.18 Å². The molecule has 6 heteroatoms. The summed E-state index contributed by atoms with van der Waals surface area (Å²) in [5, 5.41) is 9.90. The second kappa shape index (κ2) is 6.39. The van der Waals surface area contributed by atoms with Gasteiger partial charge in [-0.3, -0.25) is 9.48 Å². The lowest BCUT2D eigenvalue weighted by Gasteiger charge is -2.09. The quantitative estimate of drug-likeness (QED) is 0.889. The molecule has 0 aliphatic rings. The van der Waals surface area contributed by atoms with Gasteiger partial charge in [0.1, 0.15) is 5.82 Å². The van der Waals surface area contributed by atoms with Crippen LogP contribution in [0, 0.1) is 5.82 Å². The van der Waals surface area contributed by atoms with Gasteiger partial charge in [-0.1, -0.05) is 0 Å². The highest BCUT2D eigenvalue weighted by atomic mass is 19.1. The first-order valence-electron chi connectivity index (χ1n) is 6.79. The van der Waals surface area contributed by atoms with Crippen LogP contribution in [0.1, 0.15) is 32.4 Å². The molecule has 0 aliphatic heterocycles. The van der Waals surface area contributed by atoms with Crippen molar-refractivity contribution in [2.24, 2.45) is 0 Å². The molecule has 1 amide bonds. The first-order valence-corrected chi connectivity index (χ1v) is 6.79. The van der Waals surface area contributed by atoms with Crippen molar-refractivity contribution in [1.82, 2.24) is 9.78 Å². The Bertz CT molecular complexity index is 636. The molecule has 0 atom stereocenters. The fourth-order valence-corrected chi connectivity index (χ4v) is 1.88. The second-order valence-electron chi connectivity index (χ2n) is 5.15. The van der Waals surface area contributed by atoms with Gasteiger partial charge in [-0.25, -0.2) is 4.39 Å². The van der Waals surface area contributed by atoms with Gasteiger partial charge in [-0.15, -0.1) is 0 Å². The van der Waals surface area contributed by atoms with Crippen molar-refractivity contribution < 1.29 is 9.18 Å². The highest BCUT2D eigenvalue weighted by Crippen LogP contribution is 2.20. The summed E-state index contributed by atoms with van der Waals surface area (Å²) >= 11 is 0. The van der Waals surface area contributed by atoms with Crippen molar-refractivity contribution in [2.75, 3.05) is 10.6 Å². The van der Waals surface area contributed by atoms with Gasteiger partial charge in [-0.2, -0.15) is 5.10 Å². The van der Waals surface area contributed by atoms with E-state index in [4.69, 9.17) is 0 Å². The van der Waals surface area contributed by atoms with Crippen LogP contribution in [-0.4, -0.2) is 15.7 Å². The van der Waals surface area contributed by atoms with Gasteiger partial charge in [0.05, 0.1) is 11.9 Å². The maximum Gasteiger partial charge on any atom is 0.221 e. The molecule has 0 fully saturated rings. The van der Waals surface area contributed by atoms with E-state index in [1.54, 1.807) is 18.3 Å². The number of carbonyl (C=O) groups excluding carboxylic acids is 1. The average molecular weight is 290 g/mol. The van der Waals surface area contributed by atoms with E-state index in [-0.39, 0.29) is 11.6 Å². The van der Waals surface area contributed by atoms with Crippen LogP contribution in [0.4, 0.5) is 15.8 Å². The Morgan fingerprint density at radius 3 is 2.81 bits per heavy atom. The minimum Gasteiger partial charge on any atom is -0.381 e. The number of anilines is 2. The molecule has 0 aliphatic carbocycles. The topological polar surface area (TPSA) is 59.0 Å². The first kappa shape index (κ1) is 15.0. The Hall–Kier alpha value is -2.37. The lowest BCUT2D eigenvalue weighted by molar-refractivity contribution is -0.114. The number of hydrogen-bond donors (Lipinski definition) is 2. The summed E-state index contributed by atoms with van der Waals surface area (Å²) in [5.41, 5.74) is 1.94. The van der Waals surface area contributed by atoms with Gasteiger partial charge in [0.15, 0.2) is 0 Å². The molecule has 1 aromatic carbocycles. The predicted octanol–water partition coefficient (Wildman–Crippen LogP) is 3.17. The number of rotatable bonds is 5. The van der Waals surface area contributed by atoms with Crippen LogP contribution in [0.25, 0.3) is 0 Å². The summed E-state index contributed by atoms with van der Waals surface area (Å²) in [5.74, 6) is -0.757. The van der Waals surface area contributed by atoms with E-state index in [1.807, 2.05) is 10.9 Å². The third-order valence-corrected chi connectivity index (χ3v) is 2.96. The molecule has 21 heavy (non-hydrogen) atoms. The maximum absolute atomic E-state index is 13.5. The summed E-state index contributed by atoms with van der Waals surface area (Å²) < 4.78 is 15.4. The third-order valence-electron chi connectivity index (χ3n) is 2.96. The maximum atomic E-state index is 13.5. The zero-order valence-electron chi connectivity index (χ0n) is 12.4. The zero-order chi connectivity index (χ0) is 15.4. The van der Waals surface area contributed by atoms with Crippen LogP contribution in [0.2, 0.25) is 0 Å². The smallest absolute Gasteiger partial charge is 0.221 e. The Labute approximate surface area is 123 Å². The molecule has 2 N–H and O–H groups in total. The van der Waals surface area contributed by atoms with Crippen molar-refractivity contribution in [3.05, 3.63) is 42.0 Å². The van der Waals surface area contributed by atoms with Gasteiger partial charge >= 0.3 is 0 Å². The fraction of sp³-hybridized carbons (Fsp3) is 0.333. The minimum atomic E-state index is -0.455. The van der Waals surface area contributed by atoms with Gasteiger partial charge in [0, 0.05) is 37.0 Å². The van der Waals surface area contributed by atoms with Crippen LogP contribution in [0.3, 0.4) is 0 Å². The molecular weight excluding hydrogens is 271 g/mol. The van der Waals surface area contributed by atoms with E-state index in [0.717, 1.165) is 11.3 Å². The Morgan fingerprint density at radius 1 is 1.43 bits per heavy atom. The number of halogens is 1. The second-order valence-corrected chi connectivity index (χ2v) is 5.15. The normalized spacial score (nSPS) is 10.7. The van der Waals surface area contributed by atoms with Crippen molar-refractivity contribution in [3.63, 3.8) is 0 Å². The number of nitrogens with one attached hydrogen (secondary N) is 2. The van der Waals surface area contributed by atoms with E-state index in [2.05, 4.69) is 29.6 Å². The van der Waals surface area contributed by atoms with Crippen LogP contribution in [-0.2, 0) is 11.3 Å². The van der Waals surface area contributed by atoms with E-state index in [0.29, 0.717) is 12.6 Å². The van der Waals surface area contributed by atoms with Gasteiger partial charge in [0.25, 0.3) is 0 Å². The first-order chi connectivity index (χ1) is 9.95. The summed E-state index contributed by atoms with van der Waals surface area (Å²) in [6, 6.07) is 4.85. The summed E-state index contributed by atoms with van der Waals surface area (Å²) in [6.07, 6.45) is 3.77. The largest absolute Gasteiger partial charge is 0.381 e. The highest BCUT2D eigenvalue weighted by molar-refractivity contribution is 5.89. The number of aromatic nitrogens is 2. The van der Waals surface area contributed by atoms with Crippen molar-refractivity contribution in [2.45, 2.75) is 33.4 Å². The molecule has 112 valence electrons. The van der Waals surface area contributed by atoms with E-state index < -0.39 is 5.82 Å². The molecule has 0 saturated carbocycles. The zero-order valence-corrected chi connectivity index (χ0v) is 12.4. The van der Waals surface area contributed by atoms with Crippen LogP contribution in [0.5, 0.6) is 0 Å². The Morgan fingerprint density at radius 2 is 2.19 bits per heavy atom. The van der Waals surface area contributed by atoms with Gasteiger partial charge < -0.3 is 10.6 Å². The lowest BCUT2D eigenvalue weighted by Crippen LogP contribution is -2.08. The van der Waals surface area contributed by atoms with Crippen LogP contribution < -0.4 is 10.6 Å². The molecule has 2 aromatic rings. The van der Waals surface area contributed by atoms with Gasteiger partial charge in [-0.05, 0) is 32.0 Å². The summed E-state index contributed by atoms with van der Waals surface area (Å²) in [7, 11) is 0. The summed E-state index contributed by atoms with van der Waals surface area (Å²) in [4.78, 5) is 11.0.